The summed E-state index contributed by atoms with van der Waals surface area (Å²) in [7, 11) is 1.29. The van der Waals surface area contributed by atoms with Gasteiger partial charge in [0.1, 0.15) is 5.15 Å². The second-order valence-corrected chi connectivity index (χ2v) is 9.76. The van der Waals surface area contributed by atoms with E-state index in [1.165, 1.54) is 37.5 Å². The molecule has 0 spiro atoms. The van der Waals surface area contributed by atoms with Crippen molar-refractivity contribution in [3.8, 4) is 0 Å². The van der Waals surface area contributed by atoms with Crippen LogP contribution in [0.25, 0.3) is 0 Å². The molecule has 3 rings (SSSR count). The number of hydrogen-bond acceptors (Lipinski definition) is 3. The number of rotatable bonds is 5. The van der Waals surface area contributed by atoms with Gasteiger partial charge in [0.05, 0.1) is 16.8 Å². The second-order valence-electron chi connectivity index (χ2n) is 8.24. The number of amides is 2. The average molecular weight is 728 g/mol. The van der Waals surface area contributed by atoms with Crippen LogP contribution >= 0.6 is 34.2 Å². The number of anilines is 2. The van der Waals surface area contributed by atoms with Crippen LogP contribution in [0, 0.1) is 3.57 Å². The highest BCUT2D eigenvalue weighted by Gasteiger charge is 2.73. The number of halogens is 12. The van der Waals surface area contributed by atoms with E-state index >= 15 is 0 Å². The van der Waals surface area contributed by atoms with Gasteiger partial charge in [-0.3, -0.25) is 9.59 Å². The molecule has 0 unspecified atom stereocenters. The molecule has 17 heteroatoms. The van der Waals surface area contributed by atoms with Crippen LogP contribution in [0.4, 0.5) is 55.3 Å². The normalized spacial score (nSPS) is 12.7. The summed E-state index contributed by atoms with van der Waals surface area (Å²) in [4.78, 5) is 30.4. The van der Waals surface area contributed by atoms with Gasteiger partial charge in [-0.05, 0) is 65.1 Å². The maximum absolute atomic E-state index is 14.5. The van der Waals surface area contributed by atoms with Gasteiger partial charge in [-0.15, -0.1) is 0 Å². The molecule has 0 aliphatic carbocycles. The lowest BCUT2D eigenvalue weighted by atomic mass is 9.92. The van der Waals surface area contributed by atoms with Crippen molar-refractivity contribution in [3.05, 3.63) is 85.7 Å². The molecular formula is C24H13ClF10IN3O2. The van der Waals surface area contributed by atoms with E-state index in [-0.39, 0.29) is 28.0 Å². The Morgan fingerprint density at radius 2 is 1.51 bits per heavy atom. The van der Waals surface area contributed by atoms with Crippen LogP contribution in [0.1, 0.15) is 31.8 Å². The van der Waals surface area contributed by atoms with Crippen LogP contribution in [0.5, 0.6) is 0 Å². The van der Waals surface area contributed by atoms with Gasteiger partial charge in [0, 0.05) is 33.6 Å². The van der Waals surface area contributed by atoms with Crippen LogP contribution < -0.4 is 10.2 Å². The number of aromatic nitrogens is 1. The lowest BCUT2D eigenvalue weighted by Crippen LogP contribution is -2.50. The third-order valence-corrected chi connectivity index (χ3v) is 6.75. The second kappa shape index (κ2) is 11.3. The van der Waals surface area contributed by atoms with Gasteiger partial charge in [-0.1, -0.05) is 17.7 Å². The van der Waals surface area contributed by atoms with E-state index in [9.17, 15) is 53.5 Å². The van der Waals surface area contributed by atoms with Gasteiger partial charge in [0.15, 0.2) is 0 Å². The van der Waals surface area contributed by atoms with Crippen LogP contribution in [-0.2, 0) is 11.8 Å². The largest absolute Gasteiger partial charge is 0.435 e. The molecule has 0 aliphatic heterocycles. The van der Waals surface area contributed by atoms with E-state index in [4.69, 9.17) is 11.6 Å². The molecule has 3 aromatic rings. The minimum Gasteiger partial charge on any atom is -0.320 e. The van der Waals surface area contributed by atoms with E-state index < -0.39 is 62.5 Å². The molecule has 220 valence electrons. The van der Waals surface area contributed by atoms with E-state index in [1.54, 1.807) is 0 Å². The number of carbonyl (C=O) groups excluding carboxylic acids is 2. The Morgan fingerprint density at radius 1 is 0.902 bits per heavy atom. The maximum Gasteiger partial charge on any atom is 0.435 e. The van der Waals surface area contributed by atoms with E-state index in [0.717, 1.165) is 39.6 Å². The molecule has 0 bridgehead atoms. The van der Waals surface area contributed by atoms with Gasteiger partial charge >= 0.3 is 24.2 Å². The van der Waals surface area contributed by atoms with Crippen molar-refractivity contribution in [2.45, 2.75) is 24.2 Å². The number of carbonyl (C=O) groups is 2. The Labute approximate surface area is 242 Å². The Bertz CT molecular complexity index is 1480. The van der Waals surface area contributed by atoms with E-state index in [1.807, 2.05) is 5.32 Å². The topological polar surface area (TPSA) is 62.3 Å². The average Bonchev–Trinajstić information content (AvgIpc) is 2.86. The zero-order valence-electron chi connectivity index (χ0n) is 19.9. The van der Waals surface area contributed by atoms with E-state index in [0.29, 0.717) is 0 Å². The van der Waals surface area contributed by atoms with Crippen molar-refractivity contribution < 1.29 is 53.5 Å². The first kappa shape index (κ1) is 32.4. The number of nitrogens with zero attached hydrogens (tertiary/aromatic N) is 2. The van der Waals surface area contributed by atoms with Crippen LogP contribution in [0.15, 0.2) is 54.7 Å². The highest BCUT2D eigenvalue weighted by molar-refractivity contribution is 14.1. The predicted molar refractivity (Wildman–Crippen MR) is 135 cm³/mol. The third-order valence-electron chi connectivity index (χ3n) is 5.60. The van der Waals surface area contributed by atoms with Crippen molar-refractivity contribution in [2.24, 2.45) is 0 Å². The molecule has 0 atom stereocenters. The molecule has 1 aromatic heterocycles. The summed E-state index contributed by atoms with van der Waals surface area (Å²) < 4.78 is 134. The molecular weight excluding hydrogens is 715 g/mol. The summed E-state index contributed by atoms with van der Waals surface area (Å²) >= 11 is 6.86. The molecule has 5 nitrogen and oxygen atoms in total. The first-order chi connectivity index (χ1) is 18.7. The van der Waals surface area contributed by atoms with Crippen molar-refractivity contribution in [1.29, 1.82) is 0 Å². The van der Waals surface area contributed by atoms with E-state index in [2.05, 4.69) is 4.98 Å². The van der Waals surface area contributed by atoms with Gasteiger partial charge in [0.25, 0.3) is 11.8 Å². The number of nitrogens with one attached hydrogen (secondary N) is 1. The monoisotopic (exact) mass is 727 g/mol. The van der Waals surface area contributed by atoms with Crippen LogP contribution in [0.3, 0.4) is 0 Å². The van der Waals surface area contributed by atoms with Gasteiger partial charge in [0.2, 0.25) is 0 Å². The zero-order valence-corrected chi connectivity index (χ0v) is 22.9. The van der Waals surface area contributed by atoms with Gasteiger partial charge in [-0.2, -0.15) is 39.5 Å². The van der Waals surface area contributed by atoms with Crippen molar-refractivity contribution in [1.82, 2.24) is 4.98 Å². The fourth-order valence-corrected chi connectivity index (χ4v) is 4.49. The Balaban J connectivity index is 2.04. The molecule has 0 saturated carbocycles. The molecule has 41 heavy (non-hydrogen) atoms. The molecule has 1 N–H and O–H groups in total. The molecule has 0 radical (unpaired) electrons. The van der Waals surface area contributed by atoms with Crippen molar-refractivity contribution in [2.75, 3.05) is 17.3 Å². The summed E-state index contributed by atoms with van der Waals surface area (Å²) in [5, 5.41) is 1.67. The first-order valence-corrected chi connectivity index (χ1v) is 12.2. The highest BCUT2D eigenvalue weighted by atomic mass is 127. The molecule has 2 amide bonds. The van der Waals surface area contributed by atoms with Crippen molar-refractivity contribution in [3.63, 3.8) is 0 Å². The fraction of sp³-hybridized carbons (Fsp3) is 0.208. The molecule has 2 aromatic carbocycles. The number of benzene rings is 2. The standard InChI is InChI=1S/C24H13ClF10IN3O2/c1-39(20(41)14-6-3-7-37-18(14)25)13-5-2-4-11(8-13)19(40)38-17-15(22(27,28)29)9-12(10-16(17)36)21(26,23(30,31)32)24(33,34)35/h2-10H,1H3,(H,38,40). The molecule has 0 saturated heterocycles. The summed E-state index contributed by atoms with van der Waals surface area (Å²) in [5.74, 6) is -1.95. The maximum atomic E-state index is 14.5. The zero-order chi connectivity index (χ0) is 31.1. The Kier molecular flexibility index (Phi) is 8.89. The summed E-state index contributed by atoms with van der Waals surface area (Å²) in [6.45, 7) is 0. The van der Waals surface area contributed by atoms with Gasteiger partial charge < -0.3 is 10.2 Å². The van der Waals surface area contributed by atoms with Crippen LogP contribution in [-0.4, -0.2) is 36.2 Å². The Hall–Kier alpha value is -3.15. The fourth-order valence-electron chi connectivity index (χ4n) is 3.53. The quantitative estimate of drug-likeness (QED) is 0.164. The lowest BCUT2D eigenvalue weighted by Gasteiger charge is -2.31. The summed E-state index contributed by atoms with van der Waals surface area (Å²) in [6, 6.07) is 6.84. The SMILES string of the molecule is CN(C(=O)c1cccnc1Cl)c1cccc(C(=O)Nc2c(I)cc(C(F)(C(F)(F)F)C(F)(F)F)cc2C(F)(F)F)c1. The lowest BCUT2D eigenvalue weighted by molar-refractivity contribution is -0.348. The number of hydrogen-bond donors (Lipinski definition) is 1. The first-order valence-electron chi connectivity index (χ1n) is 10.7. The van der Waals surface area contributed by atoms with Crippen molar-refractivity contribution >= 4 is 57.4 Å². The van der Waals surface area contributed by atoms with Gasteiger partial charge in [-0.25, -0.2) is 9.37 Å². The number of alkyl halides is 10. The minimum atomic E-state index is -6.66. The molecule has 1 heterocycles. The smallest absolute Gasteiger partial charge is 0.320 e. The minimum absolute atomic E-state index is 0.0161. The van der Waals surface area contributed by atoms with Crippen LogP contribution in [0.2, 0.25) is 5.15 Å². The molecule has 0 fully saturated rings. The predicted octanol–water partition coefficient (Wildman–Crippen LogP) is 8.18. The summed E-state index contributed by atoms with van der Waals surface area (Å²) in [6.07, 6.45) is -17.6. The number of pyridine rings is 1. The molecule has 0 aliphatic rings. The summed E-state index contributed by atoms with van der Waals surface area (Å²) in [5.41, 5.74) is -12.2. The Morgan fingerprint density at radius 3 is 2.05 bits per heavy atom. The third kappa shape index (κ3) is 6.37. The highest BCUT2D eigenvalue weighted by Crippen LogP contribution is 2.54.